The lowest BCUT2D eigenvalue weighted by Crippen LogP contribution is -2.46. The lowest BCUT2D eigenvalue weighted by molar-refractivity contribution is 0.524. The summed E-state index contributed by atoms with van der Waals surface area (Å²) in [5, 5.41) is -0.00579. The Bertz CT molecular complexity index is 563. The quantitative estimate of drug-likeness (QED) is 0.759. The predicted octanol–water partition coefficient (Wildman–Crippen LogP) is 0.800. The minimum absolute atomic E-state index is 0.00579. The maximum atomic E-state index is 12.2. The molecule has 3 N–H and O–H groups in total. The van der Waals surface area contributed by atoms with Crippen LogP contribution in [0.2, 0.25) is 0 Å². The molecule has 108 valence electrons. The van der Waals surface area contributed by atoms with Gasteiger partial charge >= 0.3 is 0 Å². The van der Waals surface area contributed by atoms with Crippen LogP contribution >= 0.6 is 12.2 Å². The van der Waals surface area contributed by atoms with Crippen LogP contribution in [0.1, 0.15) is 26.6 Å². The van der Waals surface area contributed by atoms with Crippen molar-refractivity contribution in [3.05, 3.63) is 12.0 Å². The molecule has 0 saturated carbocycles. The van der Waals surface area contributed by atoms with Crippen molar-refractivity contribution in [1.82, 2.24) is 14.3 Å². The third-order valence-electron chi connectivity index (χ3n) is 2.83. The summed E-state index contributed by atoms with van der Waals surface area (Å²) < 4.78 is 28.7. The number of aromatic nitrogens is 2. The van der Waals surface area contributed by atoms with Crippen molar-refractivity contribution in [2.75, 3.05) is 0 Å². The van der Waals surface area contributed by atoms with Gasteiger partial charge in [-0.15, -0.1) is 0 Å². The van der Waals surface area contributed by atoms with Gasteiger partial charge in [-0.2, -0.15) is 4.72 Å². The number of rotatable bonds is 6. The second-order valence-corrected chi connectivity index (χ2v) is 6.79. The molecule has 0 fully saturated rings. The Hall–Kier alpha value is -0.990. The van der Waals surface area contributed by atoms with Gasteiger partial charge in [0.2, 0.25) is 0 Å². The second-order valence-electron chi connectivity index (χ2n) is 4.66. The largest absolute Gasteiger partial charge is 0.392 e. The molecule has 1 heterocycles. The smallest absolute Gasteiger partial charge is 0.260 e. The van der Waals surface area contributed by atoms with E-state index in [4.69, 9.17) is 18.0 Å². The van der Waals surface area contributed by atoms with Crippen LogP contribution in [0.15, 0.2) is 11.2 Å². The molecule has 0 aliphatic heterocycles. The number of nitrogens with one attached hydrogen (secondary N) is 1. The fourth-order valence-corrected chi connectivity index (χ4v) is 3.46. The van der Waals surface area contributed by atoms with Crippen molar-refractivity contribution in [2.24, 2.45) is 11.7 Å². The van der Waals surface area contributed by atoms with Crippen LogP contribution in [0.3, 0.4) is 0 Å². The maximum Gasteiger partial charge on any atom is 0.260 e. The van der Waals surface area contributed by atoms with E-state index in [-0.39, 0.29) is 15.9 Å². The van der Waals surface area contributed by atoms with Crippen molar-refractivity contribution >= 4 is 27.2 Å². The summed E-state index contributed by atoms with van der Waals surface area (Å²) in [6, 6.07) is -0.577. The van der Waals surface area contributed by atoms with E-state index in [0.29, 0.717) is 12.4 Å². The highest BCUT2D eigenvalue weighted by atomic mass is 32.2. The Morgan fingerprint density at radius 3 is 2.53 bits per heavy atom. The minimum atomic E-state index is -3.71. The second kappa shape index (κ2) is 5.98. The number of thiocarbonyl (C=S) groups is 1. The Morgan fingerprint density at radius 2 is 2.16 bits per heavy atom. The third kappa shape index (κ3) is 3.74. The molecule has 0 bridgehead atoms. The number of hydrogen-bond acceptors (Lipinski definition) is 4. The summed E-state index contributed by atoms with van der Waals surface area (Å²) >= 11 is 4.89. The Kier molecular flexibility index (Phi) is 5.05. The zero-order chi connectivity index (χ0) is 14.8. The third-order valence-corrected chi connectivity index (χ3v) is 4.39. The fourth-order valence-electron chi connectivity index (χ4n) is 1.68. The highest BCUT2D eigenvalue weighted by molar-refractivity contribution is 7.89. The number of hydrogen-bond donors (Lipinski definition) is 2. The van der Waals surface area contributed by atoms with Gasteiger partial charge in [-0.1, -0.05) is 26.1 Å². The molecule has 6 nitrogen and oxygen atoms in total. The van der Waals surface area contributed by atoms with Gasteiger partial charge in [-0.05, 0) is 19.8 Å². The van der Waals surface area contributed by atoms with Crippen molar-refractivity contribution in [1.29, 1.82) is 0 Å². The van der Waals surface area contributed by atoms with Gasteiger partial charge in [0.25, 0.3) is 10.0 Å². The van der Waals surface area contributed by atoms with E-state index < -0.39 is 16.1 Å². The first-order valence-corrected chi connectivity index (χ1v) is 7.93. The zero-order valence-electron chi connectivity index (χ0n) is 11.5. The van der Waals surface area contributed by atoms with Gasteiger partial charge in [0.1, 0.15) is 5.82 Å². The van der Waals surface area contributed by atoms with Crippen molar-refractivity contribution in [3.8, 4) is 0 Å². The van der Waals surface area contributed by atoms with Crippen LogP contribution in [0, 0.1) is 12.8 Å². The fraction of sp³-hybridized carbons (Fsp3) is 0.636. The van der Waals surface area contributed by atoms with E-state index in [2.05, 4.69) is 9.71 Å². The first-order chi connectivity index (χ1) is 8.69. The lowest BCUT2D eigenvalue weighted by Gasteiger charge is -2.20. The molecule has 0 saturated heterocycles. The molecule has 1 rings (SSSR count). The number of aryl methyl sites for hydroxylation is 2. The highest BCUT2D eigenvalue weighted by Gasteiger charge is 2.26. The van der Waals surface area contributed by atoms with Crippen molar-refractivity contribution in [3.63, 3.8) is 0 Å². The SMILES string of the molecule is CCn1cc(S(=O)(=O)NC(C(N)=S)C(C)C)nc1C. The molecule has 0 spiro atoms. The monoisotopic (exact) mass is 304 g/mol. The van der Waals surface area contributed by atoms with Gasteiger partial charge in [0.05, 0.1) is 11.0 Å². The average molecular weight is 304 g/mol. The van der Waals surface area contributed by atoms with Crippen LogP contribution in [-0.4, -0.2) is 29.0 Å². The molecule has 0 amide bonds. The zero-order valence-corrected chi connectivity index (χ0v) is 13.2. The van der Waals surface area contributed by atoms with Gasteiger partial charge in [0, 0.05) is 12.7 Å². The highest BCUT2D eigenvalue weighted by Crippen LogP contribution is 2.12. The van der Waals surface area contributed by atoms with E-state index in [1.165, 1.54) is 6.20 Å². The Morgan fingerprint density at radius 1 is 1.58 bits per heavy atom. The van der Waals surface area contributed by atoms with Gasteiger partial charge in [-0.3, -0.25) is 0 Å². The van der Waals surface area contributed by atoms with Gasteiger partial charge in [-0.25, -0.2) is 13.4 Å². The number of nitrogens with zero attached hydrogens (tertiary/aromatic N) is 2. The normalized spacial score (nSPS) is 13.7. The molecule has 1 atom stereocenters. The molecule has 0 aromatic carbocycles. The molecule has 0 radical (unpaired) electrons. The number of nitrogens with two attached hydrogens (primary N) is 1. The molecular formula is C11H20N4O2S2. The van der Waals surface area contributed by atoms with Crippen LogP contribution in [0.25, 0.3) is 0 Å². The Balaban J connectivity index is 3.06. The van der Waals surface area contributed by atoms with Gasteiger partial charge < -0.3 is 10.3 Å². The van der Waals surface area contributed by atoms with E-state index in [0.717, 1.165) is 0 Å². The molecule has 1 aromatic rings. The average Bonchev–Trinajstić information content (AvgIpc) is 2.67. The molecule has 19 heavy (non-hydrogen) atoms. The summed E-state index contributed by atoms with van der Waals surface area (Å²) in [6.07, 6.45) is 1.51. The topological polar surface area (TPSA) is 90.0 Å². The maximum absolute atomic E-state index is 12.2. The molecule has 0 aliphatic rings. The summed E-state index contributed by atoms with van der Waals surface area (Å²) in [6.45, 7) is 8.04. The first kappa shape index (κ1) is 16.1. The molecule has 1 aromatic heterocycles. The van der Waals surface area contributed by atoms with E-state index in [1.807, 2.05) is 20.8 Å². The number of sulfonamides is 1. The standard InChI is InChI=1S/C11H20N4O2S2/c1-5-15-6-9(13-8(15)4)19(16,17)14-10(7(2)3)11(12)18/h6-7,10,14H,5H2,1-4H3,(H2,12,18). The number of imidazole rings is 1. The van der Waals surface area contributed by atoms with Crippen LogP contribution in [0.4, 0.5) is 0 Å². The Labute approximate surface area is 119 Å². The van der Waals surface area contributed by atoms with Crippen molar-refractivity contribution in [2.45, 2.75) is 45.3 Å². The summed E-state index contributed by atoms with van der Waals surface area (Å²) in [4.78, 5) is 4.18. The van der Waals surface area contributed by atoms with Crippen LogP contribution in [0.5, 0.6) is 0 Å². The summed E-state index contributed by atoms with van der Waals surface area (Å²) in [7, 11) is -3.71. The van der Waals surface area contributed by atoms with E-state index in [1.54, 1.807) is 11.5 Å². The minimum Gasteiger partial charge on any atom is -0.392 e. The molecule has 0 aliphatic carbocycles. The van der Waals surface area contributed by atoms with Crippen LogP contribution in [-0.2, 0) is 16.6 Å². The van der Waals surface area contributed by atoms with Crippen molar-refractivity contribution < 1.29 is 8.42 Å². The van der Waals surface area contributed by atoms with Crippen LogP contribution < -0.4 is 10.5 Å². The molecule has 1 unspecified atom stereocenters. The first-order valence-electron chi connectivity index (χ1n) is 6.04. The van der Waals surface area contributed by atoms with Gasteiger partial charge in [0.15, 0.2) is 5.03 Å². The summed E-state index contributed by atoms with van der Waals surface area (Å²) in [5.41, 5.74) is 5.56. The molecular weight excluding hydrogens is 284 g/mol. The van der Waals surface area contributed by atoms with E-state index in [9.17, 15) is 8.42 Å². The lowest BCUT2D eigenvalue weighted by atomic mass is 10.1. The summed E-state index contributed by atoms with van der Waals surface area (Å²) in [5.74, 6) is 0.626. The predicted molar refractivity (Wildman–Crippen MR) is 78.4 cm³/mol. The van der Waals surface area contributed by atoms with E-state index >= 15 is 0 Å². The molecule has 8 heteroatoms.